The van der Waals surface area contributed by atoms with Gasteiger partial charge in [0.2, 0.25) is 0 Å². The lowest BCUT2D eigenvalue weighted by atomic mass is 10.1. The van der Waals surface area contributed by atoms with E-state index < -0.39 is 18.8 Å². The van der Waals surface area contributed by atoms with Crippen molar-refractivity contribution in [2.24, 2.45) is 0 Å². The molecule has 2 nitrogen and oxygen atoms in total. The van der Waals surface area contributed by atoms with Crippen LogP contribution in [0, 0.1) is 0 Å². The minimum Gasteiger partial charge on any atom is -0.382 e. The Morgan fingerprint density at radius 2 is 1.82 bits per heavy atom. The van der Waals surface area contributed by atoms with E-state index in [1.165, 1.54) is 0 Å². The van der Waals surface area contributed by atoms with E-state index in [4.69, 9.17) is 5.11 Å². The Morgan fingerprint density at radius 1 is 1.29 bits per heavy atom. The van der Waals surface area contributed by atoms with Gasteiger partial charge in [0.05, 0.1) is 0 Å². The monoisotopic (exact) mass is 311 g/mol. The number of benzene rings is 1. The lowest BCUT2D eigenvalue weighted by Gasteiger charge is -2.19. The van der Waals surface area contributed by atoms with Crippen LogP contribution < -0.4 is 5.32 Å². The molecule has 0 heterocycles. The predicted octanol–water partition coefficient (Wildman–Crippen LogP) is 3.02. The Kier molecular flexibility index (Phi) is 4.97. The molecule has 0 saturated heterocycles. The molecule has 0 radical (unpaired) electrons. The van der Waals surface area contributed by atoms with E-state index in [9.17, 15) is 13.2 Å². The van der Waals surface area contributed by atoms with Crippen LogP contribution in [-0.2, 0) is 0 Å². The summed E-state index contributed by atoms with van der Waals surface area (Å²) in [5.74, 6) is 0. The van der Waals surface area contributed by atoms with Gasteiger partial charge in [-0.2, -0.15) is 13.2 Å². The number of halogens is 4. The molecule has 0 bridgehead atoms. The summed E-state index contributed by atoms with van der Waals surface area (Å²) < 4.78 is 37.1. The molecule has 6 heteroatoms. The van der Waals surface area contributed by atoms with E-state index in [2.05, 4.69) is 21.2 Å². The molecule has 96 valence electrons. The molecular weight excluding hydrogens is 299 g/mol. The van der Waals surface area contributed by atoms with Crippen molar-refractivity contribution in [1.82, 2.24) is 5.32 Å². The van der Waals surface area contributed by atoms with Gasteiger partial charge in [-0.05, 0) is 24.6 Å². The zero-order valence-electron chi connectivity index (χ0n) is 9.13. The van der Waals surface area contributed by atoms with Crippen molar-refractivity contribution in [2.45, 2.75) is 25.2 Å². The molecule has 2 atom stereocenters. The fourth-order valence-electron chi connectivity index (χ4n) is 1.27. The predicted molar refractivity (Wildman–Crippen MR) is 62.6 cm³/mol. The highest BCUT2D eigenvalue weighted by Gasteiger charge is 2.37. The molecule has 0 aromatic heterocycles. The van der Waals surface area contributed by atoms with Gasteiger partial charge in [-0.15, -0.1) is 0 Å². The molecule has 1 aromatic carbocycles. The van der Waals surface area contributed by atoms with Gasteiger partial charge < -0.3 is 10.4 Å². The van der Waals surface area contributed by atoms with Gasteiger partial charge >= 0.3 is 6.18 Å². The van der Waals surface area contributed by atoms with Gasteiger partial charge in [0.25, 0.3) is 0 Å². The summed E-state index contributed by atoms with van der Waals surface area (Å²) in [6, 6.07) is 6.99. The van der Waals surface area contributed by atoms with E-state index >= 15 is 0 Å². The molecule has 2 N–H and O–H groups in total. The van der Waals surface area contributed by atoms with Gasteiger partial charge in [-0.1, -0.05) is 28.1 Å². The Balaban J connectivity index is 2.50. The van der Waals surface area contributed by atoms with Crippen molar-refractivity contribution in [3.8, 4) is 0 Å². The first-order chi connectivity index (χ1) is 7.80. The van der Waals surface area contributed by atoms with Gasteiger partial charge in [-0.3, -0.25) is 0 Å². The van der Waals surface area contributed by atoms with Crippen LogP contribution in [0.15, 0.2) is 28.7 Å². The van der Waals surface area contributed by atoms with Crippen LogP contribution in [0.2, 0.25) is 0 Å². The zero-order chi connectivity index (χ0) is 13.1. The lowest BCUT2D eigenvalue weighted by Crippen LogP contribution is -2.39. The SMILES string of the molecule is CC(NCC(O)C(F)(F)F)c1ccc(Br)cc1. The standard InChI is InChI=1S/C11H13BrF3NO/c1-7(8-2-4-9(12)5-3-8)16-6-10(17)11(13,14)15/h2-5,7,10,16-17H,6H2,1H3. The average Bonchev–Trinajstić information content (AvgIpc) is 2.25. The second kappa shape index (κ2) is 5.84. The van der Waals surface area contributed by atoms with Crippen molar-refractivity contribution >= 4 is 15.9 Å². The second-order valence-electron chi connectivity index (χ2n) is 3.74. The molecule has 17 heavy (non-hydrogen) atoms. The van der Waals surface area contributed by atoms with Crippen LogP contribution in [0.4, 0.5) is 13.2 Å². The largest absolute Gasteiger partial charge is 0.415 e. The van der Waals surface area contributed by atoms with Crippen LogP contribution in [-0.4, -0.2) is 23.9 Å². The first-order valence-electron chi connectivity index (χ1n) is 5.04. The van der Waals surface area contributed by atoms with Gasteiger partial charge in [0.1, 0.15) is 0 Å². The maximum Gasteiger partial charge on any atom is 0.415 e. The number of hydrogen-bond donors (Lipinski definition) is 2. The molecule has 2 unspecified atom stereocenters. The van der Waals surface area contributed by atoms with E-state index in [-0.39, 0.29) is 6.04 Å². The highest BCUT2D eigenvalue weighted by Crippen LogP contribution is 2.21. The number of hydrogen-bond acceptors (Lipinski definition) is 2. The Hall–Kier alpha value is -0.590. The number of aliphatic hydroxyl groups is 1. The molecule has 0 saturated carbocycles. The summed E-state index contributed by atoms with van der Waals surface area (Å²) in [5.41, 5.74) is 0.863. The fraction of sp³-hybridized carbons (Fsp3) is 0.455. The van der Waals surface area contributed by atoms with Crippen LogP contribution in [0.25, 0.3) is 0 Å². The molecule has 0 amide bonds. The third kappa shape index (κ3) is 4.65. The summed E-state index contributed by atoms with van der Waals surface area (Å²) in [6.07, 6.45) is -6.91. The van der Waals surface area contributed by atoms with Crippen LogP contribution >= 0.6 is 15.9 Å². The Morgan fingerprint density at radius 3 is 2.29 bits per heavy atom. The smallest absolute Gasteiger partial charge is 0.382 e. The minimum atomic E-state index is -4.58. The molecular formula is C11H13BrF3NO. The molecule has 0 fully saturated rings. The summed E-state index contributed by atoms with van der Waals surface area (Å²) >= 11 is 3.27. The zero-order valence-corrected chi connectivity index (χ0v) is 10.7. The van der Waals surface area contributed by atoms with Crippen molar-refractivity contribution < 1.29 is 18.3 Å². The second-order valence-corrected chi connectivity index (χ2v) is 4.65. The van der Waals surface area contributed by atoms with Crippen molar-refractivity contribution in [3.63, 3.8) is 0 Å². The third-order valence-corrected chi connectivity index (χ3v) is 2.89. The number of nitrogens with one attached hydrogen (secondary N) is 1. The fourth-order valence-corrected chi connectivity index (χ4v) is 1.54. The highest BCUT2D eigenvalue weighted by atomic mass is 79.9. The third-order valence-electron chi connectivity index (χ3n) is 2.37. The molecule has 0 aliphatic carbocycles. The van der Waals surface area contributed by atoms with Crippen LogP contribution in [0.1, 0.15) is 18.5 Å². The van der Waals surface area contributed by atoms with Crippen molar-refractivity contribution in [2.75, 3.05) is 6.54 Å². The van der Waals surface area contributed by atoms with E-state index in [0.717, 1.165) is 10.0 Å². The van der Waals surface area contributed by atoms with Gasteiger partial charge in [-0.25, -0.2) is 0 Å². The van der Waals surface area contributed by atoms with Crippen molar-refractivity contribution in [3.05, 3.63) is 34.3 Å². The molecule has 0 spiro atoms. The Labute approximate surface area is 106 Å². The molecule has 1 rings (SSSR count). The Bertz CT molecular complexity index is 353. The highest BCUT2D eigenvalue weighted by molar-refractivity contribution is 9.10. The molecule has 1 aromatic rings. The number of alkyl halides is 3. The minimum absolute atomic E-state index is 0.250. The summed E-state index contributed by atoms with van der Waals surface area (Å²) in [5, 5.41) is 11.5. The van der Waals surface area contributed by atoms with E-state index in [0.29, 0.717) is 0 Å². The lowest BCUT2D eigenvalue weighted by molar-refractivity contribution is -0.202. The van der Waals surface area contributed by atoms with Crippen molar-refractivity contribution in [1.29, 1.82) is 0 Å². The summed E-state index contributed by atoms with van der Waals surface area (Å²) in [6.45, 7) is 1.23. The number of aliphatic hydroxyl groups excluding tert-OH is 1. The maximum absolute atomic E-state index is 12.1. The topological polar surface area (TPSA) is 32.3 Å². The first-order valence-corrected chi connectivity index (χ1v) is 5.83. The van der Waals surface area contributed by atoms with Gasteiger partial charge in [0, 0.05) is 17.1 Å². The normalized spacial score (nSPS) is 15.6. The van der Waals surface area contributed by atoms with Crippen LogP contribution in [0.5, 0.6) is 0 Å². The average molecular weight is 312 g/mol. The number of rotatable bonds is 4. The van der Waals surface area contributed by atoms with Crippen LogP contribution in [0.3, 0.4) is 0 Å². The van der Waals surface area contributed by atoms with E-state index in [1.54, 1.807) is 6.92 Å². The summed E-state index contributed by atoms with van der Waals surface area (Å²) in [4.78, 5) is 0. The molecule has 0 aliphatic heterocycles. The molecule has 0 aliphatic rings. The van der Waals surface area contributed by atoms with E-state index in [1.807, 2.05) is 24.3 Å². The van der Waals surface area contributed by atoms with Gasteiger partial charge in [0.15, 0.2) is 6.10 Å². The first kappa shape index (κ1) is 14.5. The summed E-state index contributed by atoms with van der Waals surface area (Å²) in [7, 11) is 0. The maximum atomic E-state index is 12.1. The quantitative estimate of drug-likeness (QED) is 0.896.